The Bertz CT molecular complexity index is 348. The molecule has 0 aromatic rings. The lowest BCUT2D eigenvalue weighted by Gasteiger charge is -2.29. The molecule has 2 fully saturated rings. The molecule has 1 saturated carbocycles. The van der Waals surface area contributed by atoms with Crippen LogP contribution in [0.25, 0.3) is 0 Å². The molecule has 1 heterocycles. The van der Waals surface area contributed by atoms with Crippen LogP contribution in [0.1, 0.15) is 45.4 Å². The van der Waals surface area contributed by atoms with Crippen LogP contribution in [0, 0.1) is 0 Å². The zero-order valence-electron chi connectivity index (χ0n) is 11.0. The van der Waals surface area contributed by atoms with Crippen LogP contribution in [0.5, 0.6) is 0 Å². The Morgan fingerprint density at radius 3 is 2.61 bits per heavy atom. The molecule has 1 aliphatic heterocycles. The van der Waals surface area contributed by atoms with Crippen LogP contribution in [0.4, 0.5) is 0 Å². The normalized spacial score (nSPS) is 27.6. The Kier molecular flexibility index (Phi) is 4.17. The summed E-state index contributed by atoms with van der Waals surface area (Å²) in [7, 11) is 0. The van der Waals surface area contributed by atoms with Gasteiger partial charge in [-0.05, 0) is 19.8 Å². The van der Waals surface area contributed by atoms with E-state index < -0.39 is 0 Å². The summed E-state index contributed by atoms with van der Waals surface area (Å²) in [5, 5.41) is 3.15. The van der Waals surface area contributed by atoms with Gasteiger partial charge in [-0.1, -0.05) is 25.3 Å². The van der Waals surface area contributed by atoms with Gasteiger partial charge in [0.25, 0.3) is 0 Å². The third-order valence-electron chi connectivity index (χ3n) is 3.94. The second kappa shape index (κ2) is 5.65. The zero-order chi connectivity index (χ0) is 13.1. The molecule has 18 heavy (non-hydrogen) atoms. The van der Waals surface area contributed by atoms with E-state index in [1.54, 1.807) is 6.08 Å². The van der Waals surface area contributed by atoms with E-state index in [0.29, 0.717) is 6.42 Å². The van der Waals surface area contributed by atoms with E-state index in [1.165, 1.54) is 11.3 Å². The quantitative estimate of drug-likeness (QED) is 0.609. The van der Waals surface area contributed by atoms with Crippen molar-refractivity contribution in [1.82, 2.24) is 10.2 Å². The molecule has 0 radical (unpaired) electrons. The van der Waals surface area contributed by atoms with Crippen LogP contribution in [0.2, 0.25) is 0 Å². The molecule has 4 heteroatoms. The highest BCUT2D eigenvalue weighted by molar-refractivity contribution is 6.05. The molecule has 2 amide bonds. The van der Waals surface area contributed by atoms with E-state index >= 15 is 0 Å². The summed E-state index contributed by atoms with van der Waals surface area (Å²) in [6, 6.07) is -0.157. The highest BCUT2D eigenvalue weighted by Gasteiger charge is 2.42. The molecule has 0 spiro atoms. The van der Waals surface area contributed by atoms with Crippen molar-refractivity contribution in [3.8, 4) is 0 Å². The lowest BCUT2D eigenvalue weighted by molar-refractivity contribution is -0.142. The number of nitrogens with zero attached hydrogens (tertiary/aromatic N) is 1. The van der Waals surface area contributed by atoms with E-state index in [1.807, 2.05) is 6.92 Å². The van der Waals surface area contributed by atoms with Crippen molar-refractivity contribution in [2.24, 2.45) is 0 Å². The number of carbonyl (C=O) groups excluding carboxylic acids is 2. The Labute approximate surface area is 108 Å². The van der Waals surface area contributed by atoms with Crippen LogP contribution < -0.4 is 5.32 Å². The number of hydrogen-bond donors (Lipinski definition) is 1. The third kappa shape index (κ3) is 2.64. The highest BCUT2D eigenvalue weighted by Crippen LogP contribution is 2.27. The van der Waals surface area contributed by atoms with Gasteiger partial charge in [0.05, 0.1) is 12.5 Å². The second-order valence-corrected chi connectivity index (χ2v) is 5.34. The fraction of sp³-hybridized carbons (Fsp3) is 0.714. The summed E-state index contributed by atoms with van der Waals surface area (Å²) in [5.74, 6) is -0.0544. The predicted octanol–water partition coefficient (Wildman–Crippen LogP) is 1.61. The predicted molar refractivity (Wildman–Crippen MR) is 69.9 cm³/mol. The average Bonchev–Trinajstić information content (AvgIpc) is 2.65. The van der Waals surface area contributed by atoms with E-state index in [9.17, 15) is 9.59 Å². The topological polar surface area (TPSA) is 49.4 Å². The van der Waals surface area contributed by atoms with Gasteiger partial charge >= 0.3 is 0 Å². The van der Waals surface area contributed by atoms with E-state index in [4.69, 9.17) is 0 Å². The van der Waals surface area contributed by atoms with Gasteiger partial charge in [-0.25, -0.2) is 0 Å². The summed E-state index contributed by atoms with van der Waals surface area (Å²) in [6.45, 7) is 5.62. The highest BCUT2D eigenvalue weighted by atomic mass is 16.2. The molecular weight excluding hydrogens is 228 g/mol. The van der Waals surface area contributed by atoms with Crippen LogP contribution in [-0.2, 0) is 9.59 Å². The minimum atomic E-state index is -0.354. The van der Waals surface area contributed by atoms with Crippen molar-refractivity contribution < 1.29 is 9.59 Å². The standard InChI is InChI=1S/C14H22N2O2/c1-3-10(2)15-12-9-13(17)16(14(12)18)11-7-5-4-6-8-11/h3,10-12,15H,1,4-9H2,2H3. The average molecular weight is 250 g/mol. The summed E-state index contributed by atoms with van der Waals surface area (Å²) < 4.78 is 0. The molecule has 2 atom stereocenters. The Morgan fingerprint density at radius 1 is 1.33 bits per heavy atom. The van der Waals surface area contributed by atoms with Gasteiger partial charge in [-0.15, -0.1) is 6.58 Å². The first-order valence-electron chi connectivity index (χ1n) is 6.88. The number of amides is 2. The molecule has 0 bridgehead atoms. The molecule has 1 aliphatic carbocycles. The molecule has 2 aliphatic rings. The van der Waals surface area contributed by atoms with Gasteiger partial charge in [-0.3, -0.25) is 19.8 Å². The minimum Gasteiger partial charge on any atom is -0.299 e. The van der Waals surface area contributed by atoms with Crippen molar-refractivity contribution in [3.63, 3.8) is 0 Å². The number of nitrogens with one attached hydrogen (secondary N) is 1. The smallest absolute Gasteiger partial charge is 0.247 e. The number of carbonyl (C=O) groups is 2. The van der Waals surface area contributed by atoms with Gasteiger partial charge in [0, 0.05) is 12.1 Å². The zero-order valence-corrected chi connectivity index (χ0v) is 11.0. The van der Waals surface area contributed by atoms with Crippen molar-refractivity contribution in [1.29, 1.82) is 0 Å². The molecule has 0 aromatic heterocycles. The number of imide groups is 1. The number of rotatable bonds is 4. The van der Waals surface area contributed by atoms with Crippen LogP contribution in [0.3, 0.4) is 0 Å². The molecule has 1 N–H and O–H groups in total. The SMILES string of the molecule is C=CC(C)NC1CC(=O)N(C2CCCCC2)C1=O. The fourth-order valence-corrected chi connectivity index (χ4v) is 2.89. The Hall–Kier alpha value is -1.16. The van der Waals surface area contributed by atoms with Gasteiger partial charge in [0.15, 0.2) is 0 Å². The van der Waals surface area contributed by atoms with E-state index in [2.05, 4.69) is 11.9 Å². The lowest BCUT2D eigenvalue weighted by atomic mass is 9.94. The largest absolute Gasteiger partial charge is 0.299 e. The first-order chi connectivity index (χ1) is 8.63. The maximum absolute atomic E-state index is 12.3. The molecule has 2 rings (SSSR count). The summed E-state index contributed by atoms with van der Waals surface area (Å²) in [5.41, 5.74) is 0. The summed E-state index contributed by atoms with van der Waals surface area (Å²) in [4.78, 5) is 25.8. The maximum Gasteiger partial charge on any atom is 0.247 e. The monoisotopic (exact) mass is 250 g/mol. The molecule has 100 valence electrons. The molecule has 0 aromatic carbocycles. The van der Waals surface area contributed by atoms with Crippen molar-refractivity contribution in [2.45, 2.75) is 63.6 Å². The summed E-state index contributed by atoms with van der Waals surface area (Å²) >= 11 is 0. The van der Waals surface area contributed by atoms with Crippen molar-refractivity contribution in [3.05, 3.63) is 12.7 Å². The van der Waals surface area contributed by atoms with Gasteiger partial charge in [0.1, 0.15) is 0 Å². The lowest BCUT2D eigenvalue weighted by Crippen LogP contribution is -2.46. The Morgan fingerprint density at radius 2 is 2.00 bits per heavy atom. The van der Waals surface area contributed by atoms with Crippen LogP contribution >= 0.6 is 0 Å². The molecule has 2 unspecified atom stereocenters. The second-order valence-electron chi connectivity index (χ2n) is 5.34. The molecule has 1 saturated heterocycles. The first kappa shape index (κ1) is 13.3. The van der Waals surface area contributed by atoms with E-state index in [-0.39, 0.29) is 29.9 Å². The maximum atomic E-state index is 12.3. The van der Waals surface area contributed by atoms with Gasteiger partial charge in [0.2, 0.25) is 11.8 Å². The van der Waals surface area contributed by atoms with Crippen LogP contribution in [0.15, 0.2) is 12.7 Å². The molecular formula is C14H22N2O2. The number of likely N-dealkylation sites (tertiary alicyclic amines) is 1. The molecule has 4 nitrogen and oxygen atoms in total. The van der Waals surface area contributed by atoms with Gasteiger partial charge < -0.3 is 0 Å². The van der Waals surface area contributed by atoms with E-state index in [0.717, 1.165) is 25.7 Å². The van der Waals surface area contributed by atoms with Crippen molar-refractivity contribution >= 4 is 11.8 Å². The number of hydrogen-bond acceptors (Lipinski definition) is 3. The van der Waals surface area contributed by atoms with Crippen LogP contribution in [-0.4, -0.2) is 34.8 Å². The Balaban J connectivity index is 2.01. The first-order valence-corrected chi connectivity index (χ1v) is 6.88. The summed E-state index contributed by atoms with van der Waals surface area (Å²) in [6.07, 6.45) is 7.48. The third-order valence-corrected chi connectivity index (χ3v) is 3.94. The fourth-order valence-electron chi connectivity index (χ4n) is 2.89. The minimum absolute atomic E-state index is 0.0133. The van der Waals surface area contributed by atoms with Crippen molar-refractivity contribution in [2.75, 3.05) is 0 Å². The van der Waals surface area contributed by atoms with Gasteiger partial charge in [-0.2, -0.15) is 0 Å².